The van der Waals surface area contributed by atoms with E-state index >= 15 is 0 Å². The molecule has 2 atom stereocenters. The Labute approximate surface area is 88.7 Å². The number of hydrogen-bond donors (Lipinski definition) is 1. The minimum absolute atomic E-state index is 0.0344. The molecule has 0 aromatic heterocycles. The van der Waals surface area contributed by atoms with Crippen LogP contribution in [-0.4, -0.2) is 24.4 Å². The van der Waals surface area contributed by atoms with Crippen LogP contribution in [0, 0.1) is 5.92 Å². The van der Waals surface area contributed by atoms with Crippen LogP contribution in [0.2, 0.25) is 0 Å². The Kier molecular flexibility index (Phi) is 8.20. The molecule has 0 bridgehead atoms. The lowest BCUT2D eigenvalue weighted by molar-refractivity contribution is -0.0214. The Balaban J connectivity index is 3.63. The van der Waals surface area contributed by atoms with Gasteiger partial charge in [-0.05, 0) is 18.8 Å². The second-order valence-corrected chi connectivity index (χ2v) is 4.45. The molecule has 86 valence electrons. The summed E-state index contributed by atoms with van der Waals surface area (Å²) in [6.07, 6.45) is 4.95. The van der Waals surface area contributed by atoms with Gasteiger partial charge in [-0.25, -0.2) is 0 Å². The molecule has 0 aliphatic carbocycles. The van der Waals surface area contributed by atoms with Crippen LogP contribution in [0.3, 0.4) is 0 Å². The summed E-state index contributed by atoms with van der Waals surface area (Å²) < 4.78 is 5.26. The summed E-state index contributed by atoms with van der Waals surface area (Å²) in [7, 11) is 1.69. The number of ether oxygens (including phenoxy) is 1. The first-order valence-electron chi connectivity index (χ1n) is 5.82. The van der Waals surface area contributed by atoms with Crippen LogP contribution in [0.15, 0.2) is 0 Å². The zero-order chi connectivity index (χ0) is 11.0. The van der Waals surface area contributed by atoms with Crippen LogP contribution in [-0.2, 0) is 4.74 Å². The molecular weight excluding hydrogens is 176 g/mol. The fourth-order valence-corrected chi connectivity index (χ4v) is 1.67. The standard InChI is InChI=1S/C12H26O2/c1-5-7-12(14-4)11(13)9-6-8-10(2)3/h10-13H,5-9H2,1-4H3. The maximum atomic E-state index is 9.83. The van der Waals surface area contributed by atoms with E-state index in [4.69, 9.17) is 4.74 Å². The van der Waals surface area contributed by atoms with Crippen LogP contribution >= 0.6 is 0 Å². The van der Waals surface area contributed by atoms with Gasteiger partial charge in [0.05, 0.1) is 12.2 Å². The van der Waals surface area contributed by atoms with Crippen molar-refractivity contribution in [1.29, 1.82) is 0 Å². The van der Waals surface area contributed by atoms with Gasteiger partial charge in [-0.1, -0.05) is 40.0 Å². The summed E-state index contributed by atoms with van der Waals surface area (Å²) in [5, 5.41) is 9.83. The van der Waals surface area contributed by atoms with Gasteiger partial charge in [-0.3, -0.25) is 0 Å². The SMILES string of the molecule is CCCC(OC)C(O)CCCC(C)C. The first-order chi connectivity index (χ1) is 6.61. The van der Waals surface area contributed by atoms with E-state index in [-0.39, 0.29) is 12.2 Å². The molecular formula is C12H26O2. The molecule has 0 fully saturated rings. The van der Waals surface area contributed by atoms with Crippen LogP contribution in [0.4, 0.5) is 0 Å². The van der Waals surface area contributed by atoms with Crippen molar-refractivity contribution in [3.63, 3.8) is 0 Å². The highest BCUT2D eigenvalue weighted by Gasteiger charge is 2.16. The molecule has 2 nitrogen and oxygen atoms in total. The smallest absolute Gasteiger partial charge is 0.0830 e. The average molecular weight is 202 g/mol. The molecule has 1 N–H and O–H groups in total. The van der Waals surface area contributed by atoms with Gasteiger partial charge in [0, 0.05) is 7.11 Å². The van der Waals surface area contributed by atoms with Crippen LogP contribution in [0.5, 0.6) is 0 Å². The fraction of sp³-hybridized carbons (Fsp3) is 1.00. The van der Waals surface area contributed by atoms with Gasteiger partial charge in [-0.15, -0.1) is 0 Å². The second-order valence-electron chi connectivity index (χ2n) is 4.45. The van der Waals surface area contributed by atoms with E-state index < -0.39 is 0 Å². The van der Waals surface area contributed by atoms with Gasteiger partial charge in [0.2, 0.25) is 0 Å². The van der Waals surface area contributed by atoms with Crippen molar-refractivity contribution >= 4 is 0 Å². The topological polar surface area (TPSA) is 29.5 Å². The lowest BCUT2D eigenvalue weighted by atomic mass is 10.00. The number of aliphatic hydroxyl groups excluding tert-OH is 1. The average Bonchev–Trinajstić information content (AvgIpc) is 2.13. The number of aliphatic hydroxyl groups is 1. The Morgan fingerprint density at radius 3 is 2.21 bits per heavy atom. The summed E-state index contributed by atoms with van der Waals surface area (Å²) in [5.41, 5.74) is 0. The van der Waals surface area contributed by atoms with E-state index in [0.717, 1.165) is 31.6 Å². The normalized spacial score (nSPS) is 15.9. The molecule has 0 spiro atoms. The van der Waals surface area contributed by atoms with Gasteiger partial charge in [0.15, 0.2) is 0 Å². The maximum absolute atomic E-state index is 9.83. The Morgan fingerprint density at radius 2 is 1.79 bits per heavy atom. The molecule has 0 amide bonds. The monoisotopic (exact) mass is 202 g/mol. The molecule has 0 rings (SSSR count). The maximum Gasteiger partial charge on any atom is 0.0830 e. The number of methoxy groups -OCH3 is 1. The number of hydrogen-bond acceptors (Lipinski definition) is 2. The summed E-state index contributed by atoms with van der Waals surface area (Å²) in [6, 6.07) is 0. The minimum atomic E-state index is -0.279. The van der Waals surface area contributed by atoms with E-state index in [0.29, 0.717) is 0 Å². The predicted octanol–water partition coefficient (Wildman–Crippen LogP) is 2.99. The third-order valence-corrected chi connectivity index (χ3v) is 2.59. The molecule has 2 heteroatoms. The molecule has 0 aromatic carbocycles. The molecule has 0 aliphatic heterocycles. The summed E-state index contributed by atoms with van der Waals surface area (Å²) in [6.45, 7) is 6.55. The summed E-state index contributed by atoms with van der Waals surface area (Å²) >= 11 is 0. The van der Waals surface area contributed by atoms with Gasteiger partial charge in [-0.2, -0.15) is 0 Å². The Hall–Kier alpha value is -0.0800. The third-order valence-electron chi connectivity index (χ3n) is 2.59. The molecule has 0 heterocycles. The zero-order valence-corrected chi connectivity index (χ0v) is 10.1. The second kappa shape index (κ2) is 8.25. The predicted molar refractivity (Wildman–Crippen MR) is 60.4 cm³/mol. The van der Waals surface area contributed by atoms with Gasteiger partial charge in [0.1, 0.15) is 0 Å². The molecule has 14 heavy (non-hydrogen) atoms. The molecule has 0 aliphatic rings. The van der Waals surface area contributed by atoms with Crippen molar-refractivity contribution in [3.05, 3.63) is 0 Å². The quantitative estimate of drug-likeness (QED) is 0.655. The van der Waals surface area contributed by atoms with E-state index in [9.17, 15) is 5.11 Å². The fourth-order valence-electron chi connectivity index (χ4n) is 1.67. The van der Waals surface area contributed by atoms with E-state index in [1.54, 1.807) is 7.11 Å². The third kappa shape index (κ3) is 6.39. The Morgan fingerprint density at radius 1 is 1.14 bits per heavy atom. The largest absolute Gasteiger partial charge is 0.390 e. The molecule has 0 radical (unpaired) electrons. The van der Waals surface area contributed by atoms with Crippen LogP contribution < -0.4 is 0 Å². The van der Waals surface area contributed by atoms with E-state index in [2.05, 4.69) is 20.8 Å². The highest BCUT2D eigenvalue weighted by molar-refractivity contribution is 4.68. The van der Waals surface area contributed by atoms with E-state index in [1.165, 1.54) is 6.42 Å². The minimum Gasteiger partial charge on any atom is -0.390 e. The van der Waals surface area contributed by atoms with Crippen LogP contribution in [0.25, 0.3) is 0 Å². The molecule has 0 saturated heterocycles. The lowest BCUT2D eigenvalue weighted by Crippen LogP contribution is -2.27. The molecule has 0 saturated carbocycles. The van der Waals surface area contributed by atoms with E-state index in [1.807, 2.05) is 0 Å². The van der Waals surface area contributed by atoms with Crippen molar-refractivity contribution < 1.29 is 9.84 Å². The Bertz CT molecular complexity index is 123. The van der Waals surface area contributed by atoms with Gasteiger partial charge < -0.3 is 9.84 Å². The highest BCUT2D eigenvalue weighted by atomic mass is 16.5. The summed E-state index contributed by atoms with van der Waals surface area (Å²) in [5.74, 6) is 0.731. The lowest BCUT2D eigenvalue weighted by Gasteiger charge is -2.21. The van der Waals surface area contributed by atoms with Crippen molar-refractivity contribution in [2.75, 3.05) is 7.11 Å². The van der Waals surface area contributed by atoms with Crippen molar-refractivity contribution in [2.24, 2.45) is 5.92 Å². The van der Waals surface area contributed by atoms with Crippen molar-refractivity contribution in [1.82, 2.24) is 0 Å². The highest BCUT2D eigenvalue weighted by Crippen LogP contribution is 2.14. The summed E-state index contributed by atoms with van der Waals surface area (Å²) in [4.78, 5) is 0. The first-order valence-corrected chi connectivity index (χ1v) is 5.82. The zero-order valence-electron chi connectivity index (χ0n) is 10.1. The van der Waals surface area contributed by atoms with Gasteiger partial charge in [0.25, 0.3) is 0 Å². The molecule has 0 aromatic rings. The van der Waals surface area contributed by atoms with Gasteiger partial charge >= 0.3 is 0 Å². The first kappa shape index (κ1) is 13.9. The number of rotatable bonds is 8. The molecule has 2 unspecified atom stereocenters. The van der Waals surface area contributed by atoms with Crippen LogP contribution in [0.1, 0.15) is 52.9 Å². The van der Waals surface area contributed by atoms with Crippen molar-refractivity contribution in [3.8, 4) is 0 Å². The van der Waals surface area contributed by atoms with Crippen molar-refractivity contribution in [2.45, 2.75) is 65.1 Å².